The van der Waals surface area contributed by atoms with Crippen molar-refractivity contribution in [2.24, 2.45) is 5.73 Å². The van der Waals surface area contributed by atoms with Gasteiger partial charge in [0.05, 0.1) is 5.39 Å². The Labute approximate surface area is 113 Å². The molecular weight excluding hydrogens is 272 g/mol. The molecule has 1 amide bonds. The van der Waals surface area contributed by atoms with Crippen molar-refractivity contribution in [3.8, 4) is 0 Å². The van der Waals surface area contributed by atoms with Crippen molar-refractivity contribution in [1.29, 1.82) is 0 Å². The van der Waals surface area contributed by atoms with Gasteiger partial charge in [-0.15, -0.1) is 11.3 Å². The number of nitrogens with zero attached hydrogens (tertiary/aromatic N) is 2. The van der Waals surface area contributed by atoms with Gasteiger partial charge in [0.15, 0.2) is 0 Å². The lowest BCUT2D eigenvalue weighted by Crippen LogP contribution is -2.32. The normalized spacial score (nSPS) is 12.6. The Morgan fingerprint density at radius 3 is 2.94 bits per heavy atom. The monoisotopic (exact) mass is 284 g/mol. The molecule has 2 heterocycles. The van der Waals surface area contributed by atoms with Gasteiger partial charge < -0.3 is 11.1 Å². The highest BCUT2D eigenvalue weighted by Crippen LogP contribution is 2.30. The van der Waals surface area contributed by atoms with E-state index < -0.39 is 11.9 Å². The van der Waals surface area contributed by atoms with Crippen LogP contribution in [0.15, 0.2) is 6.07 Å². The fraction of sp³-hybridized carbons (Fsp3) is 0.364. The summed E-state index contributed by atoms with van der Waals surface area (Å²) in [5.74, 6) is 0.107. The predicted octanol–water partition coefficient (Wildman–Crippen LogP) is 2.19. The van der Waals surface area contributed by atoms with Crippen LogP contribution in [0.1, 0.15) is 18.7 Å². The molecule has 96 valence electrons. The van der Waals surface area contributed by atoms with E-state index in [9.17, 15) is 4.79 Å². The molecule has 5 nitrogen and oxygen atoms in total. The van der Waals surface area contributed by atoms with Crippen LogP contribution in [0.25, 0.3) is 10.2 Å². The van der Waals surface area contributed by atoms with Crippen LogP contribution < -0.4 is 11.1 Å². The number of aryl methyl sites for hydroxylation is 1. The highest BCUT2D eigenvalue weighted by molar-refractivity contribution is 7.18. The number of thiophene rings is 1. The van der Waals surface area contributed by atoms with Crippen molar-refractivity contribution in [2.75, 3.05) is 5.32 Å². The molecule has 0 aliphatic rings. The van der Waals surface area contributed by atoms with Crippen molar-refractivity contribution < 1.29 is 4.79 Å². The van der Waals surface area contributed by atoms with Gasteiger partial charge in [-0.1, -0.05) is 6.92 Å². The second-order valence-corrected chi connectivity index (χ2v) is 5.35. The summed E-state index contributed by atoms with van der Waals surface area (Å²) in [4.78, 5) is 21.4. The number of carbonyl (C=O) groups excluding carboxylic acids is 1. The molecule has 0 spiro atoms. The largest absolute Gasteiger partial charge is 0.368 e. The molecule has 0 fully saturated rings. The first-order valence-corrected chi connectivity index (χ1v) is 6.72. The number of carbonyl (C=O) groups is 1. The molecule has 1 atom stereocenters. The zero-order chi connectivity index (χ0) is 13.3. The molecule has 0 saturated heterocycles. The molecule has 0 saturated carbocycles. The summed E-state index contributed by atoms with van der Waals surface area (Å²) in [7, 11) is 0. The molecular formula is C11H13ClN4OS. The van der Waals surface area contributed by atoms with E-state index in [0.717, 1.165) is 16.6 Å². The molecule has 0 aromatic carbocycles. The van der Waals surface area contributed by atoms with Crippen LogP contribution in [0.2, 0.25) is 5.28 Å². The van der Waals surface area contributed by atoms with E-state index in [1.165, 1.54) is 4.88 Å². The number of nitrogens with one attached hydrogen (secondary N) is 1. The van der Waals surface area contributed by atoms with Gasteiger partial charge in [0.25, 0.3) is 0 Å². The minimum absolute atomic E-state index is 0.158. The number of primary amides is 1. The van der Waals surface area contributed by atoms with Gasteiger partial charge in [-0.2, -0.15) is 0 Å². The Hall–Kier alpha value is -1.40. The van der Waals surface area contributed by atoms with Crippen LogP contribution in [-0.4, -0.2) is 21.9 Å². The van der Waals surface area contributed by atoms with Gasteiger partial charge in [-0.25, -0.2) is 9.97 Å². The molecule has 3 N–H and O–H groups in total. The lowest BCUT2D eigenvalue weighted by atomic mass is 10.2. The molecule has 2 aromatic heterocycles. The van der Waals surface area contributed by atoms with E-state index in [-0.39, 0.29) is 5.28 Å². The van der Waals surface area contributed by atoms with Crippen molar-refractivity contribution in [3.63, 3.8) is 0 Å². The first-order valence-electron chi connectivity index (χ1n) is 5.53. The van der Waals surface area contributed by atoms with E-state index in [0.29, 0.717) is 5.82 Å². The molecule has 0 radical (unpaired) electrons. The number of hydrogen-bond donors (Lipinski definition) is 2. The molecule has 0 bridgehead atoms. The average molecular weight is 285 g/mol. The molecule has 1 unspecified atom stereocenters. The molecule has 2 aromatic rings. The summed E-state index contributed by atoms with van der Waals surface area (Å²) in [5.41, 5.74) is 5.22. The average Bonchev–Trinajstić information content (AvgIpc) is 2.71. The Morgan fingerprint density at radius 1 is 1.61 bits per heavy atom. The van der Waals surface area contributed by atoms with Crippen LogP contribution >= 0.6 is 22.9 Å². The van der Waals surface area contributed by atoms with Crippen LogP contribution in [0.4, 0.5) is 5.82 Å². The van der Waals surface area contributed by atoms with Crippen molar-refractivity contribution in [1.82, 2.24) is 9.97 Å². The molecule has 0 aliphatic carbocycles. The maximum atomic E-state index is 11.1. The van der Waals surface area contributed by atoms with Crippen molar-refractivity contribution >= 4 is 44.9 Å². The number of halogens is 1. The fourth-order valence-corrected chi connectivity index (χ4v) is 2.69. The summed E-state index contributed by atoms with van der Waals surface area (Å²) in [6.45, 7) is 3.75. The third-order valence-electron chi connectivity index (χ3n) is 2.54. The lowest BCUT2D eigenvalue weighted by Gasteiger charge is -2.11. The summed E-state index contributed by atoms with van der Waals surface area (Å²) >= 11 is 7.44. The van der Waals surface area contributed by atoms with Crippen molar-refractivity contribution in [3.05, 3.63) is 16.2 Å². The van der Waals surface area contributed by atoms with Gasteiger partial charge in [-0.05, 0) is 31.0 Å². The summed E-state index contributed by atoms with van der Waals surface area (Å²) in [6.07, 6.45) is 0.920. The smallest absolute Gasteiger partial charge is 0.239 e. The second kappa shape index (κ2) is 5.07. The first-order chi connectivity index (χ1) is 8.51. The Kier molecular flexibility index (Phi) is 3.68. The molecule has 2 rings (SSSR count). The van der Waals surface area contributed by atoms with Crippen LogP contribution in [0.3, 0.4) is 0 Å². The predicted molar refractivity (Wildman–Crippen MR) is 74.1 cm³/mol. The number of aromatic nitrogens is 2. The highest BCUT2D eigenvalue weighted by Gasteiger charge is 2.14. The zero-order valence-corrected chi connectivity index (χ0v) is 11.6. The third-order valence-corrected chi connectivity index (χ3v) is 3.89. The Balaban J connectivity index is 2.47. The fourth-order valence-electron chi connectivity index (χ4n) is 1.51. The number of nitrogens with two attached hydrogens (primary N) is 1. The highest BCUT2D eigenvalue weighted by atomic mass is 35.5. The van der Waals surface area contributed by atoms with Crippen LogP contribution in [0, 0.1) is 0 Å². The van der Waals surface area contributed by atoms with Gasteiger partial charge >= 0.3 is 0 Å². The van der Waals surface area contributed by atoms with Gasteiger partial charge in [0.2, 0.25) is 11.2 Å². The molecule has 0 aliphatic heterocycles. The second-order valence-electron chi connectivity index (χ2n) is 3.89. The van der Waals surface area contributed by atoms with E-state index >= 15 is 0 Å². The van der Waals surface area contributed by atoms with Gasteiger partial charge in [0, 0.05) is 4.88 Å². The first kappa shape index (κ1) is 13.0. The quantitative estimate of drug-likeness (QED) is 0.843. The van der Waals surface area contributed by atoms with E-state index in [4.69, 9.17) is 17.3 Å². The standard InChI is InChI=1S/C11H13ClN4OS/c1-3-6-4-7-9(14-5(2)8(13)17)15-11(12)16-10(7)18-6/h4-5H,3H2,1-2H3,(H2,13,17)(H,14,15,16). The summed E-state index contributed by atoms with van der Waals surface area (Å²) in [5, 5.41) is 3.99. The van der Waals surface area contributed by atoms with Gasteiger partial charge in [0.1, 0.15) is 16.7 Å². The molecule has 7 heteroatoms. The zero-order valence-electron chi connectivity index (χ0n) is 10.0. The SMILES string of the molecule is CCc1cc2c(NC(C)C(N)=O)nc(Cl)nc2s1. The van der Waals surface area contributed by atoms with E-state index in [1.54, 1.807) is 18.3 Å². The Morgan fingerprint density at radius 2 is 2.33 bits per heavy atom. The maximum absolute atomic E-state index is 11.1. The van der Waals surface area contributed by atoms with E-state index in [1.807, 2.05) is 6.07 Å². The maximum Gasteiger partial charge on any atom is 0.239 e. The molecule has 18 heavy (non-hydrogen) atoms. The lowest BCUT2D eigenvalue weighted by molar-refractivity contribution is -0.118. The number of amides is 1. The summed E-state index contributed by atoms with van der Waals surface area (Å²) < 4.78 is 0. The van der Waals surface area contributed by atoms with Crippen LogP contribution in [-0.2, 0) is 11.2 Å². The minimum Gasteiger partial charge on any atom is -0.368 e. The summed E-state index contributed by atoms with van der Waals surface area (Å²) in [6, 6.07) is 1.50. The number of fused-ring (bicyclic) bond motifs is 1. The van der Waals surface area contributed by atoms with E-state index in [2.05, 4.69) is 22.2 Å². The van der Waals surface area contributed by atoms with Gasteiger partial charge in [-0.3, -0.25) is 4.79 Å². The number of anilines is 1. The number of rotatable bonds is 4. The van der Waals surface area contributed by atoms with Crippen LogP contribution in [0.5, 0.6) is 0 Å². The topological polar surface area (TPSA) is 80.9 Å². The third kappa shape index (κ3) is 2.54. The Bertz CT molecular complexity index is 598. The van der Waals surface area contributed by atoms with Crippen molar-refractivity contribution in [2.45, 2.75) is 26.3 Å². The number of hydrogen-bond acceptors (Lipinski definition) is 5. The minimum atomic E-state index is -0.510.